The lowest BCUT2D eigenvalue weighted by atomic mass is 10.2. The summed E-state index contributed by atoms with van der Waals surface area (Å²) in [6, 6.07) is 9.84. The minimum Gasteiger partial charge on any atom is -0.493 e. The lowest BCUT2D eigenvalue weighted by molar-refractivity contribution is -0.121. The van der Waals surface area contributed by atoms with Crippen LogP contribution in [0.3, 0.4) is 0 Å². The van der Waals surface area contributed by atoms with Crippen molar-refractivity contribution in [2.24, 2.45) is 0 Å². The zero-order valence-corrected chi connectivity index (χ0v) is 15.6. The van der Waals surface area contributed by atoms with Crippen molar-refractivity contribution in [3.63, 3.8) is 0 Å². The molecule has 1 aromatic carbocycles. The van der Waals surface area contributed by atoms with Gasteiger partial charge in [0.1, 0.15) is 6.61 Å². The number of carbonyl (C=O) groups is 1. The Morgan fingerprint density at radius 2 is 2.04 bits per heavy atom. The summed E-state index contributed by atoms with van der Waals surface area (Å²) in [5.41, 5.74) is 2.06. The second-order valence-electron chi connectivity index (χ2n) is 6.28. The summed E-state index contributed by atoms with van der Waals surface area (Å²) >= 11 is 0. The summed E-state index contributed by atoms with van der Waals surface area (Å²) in [4.78, 5) is 15.7. The lowest BCUT2D eigenvalue weighted by Crippen LogP contribution is -2.32. The number of hydrogen-bond acceptors (Lipinski definition) is 5. The molecule has 0 aliphatic carbocycles. The van der Waals surface area contributed by atoms with Gasteiger partial charge in [0.25, 0.3) is 0 Å². The number of pyridine rings is 1. The molecule has 140 valence electrons. The number of aromatic nitrogens is 1. The van der Waals surface area contributed by atoms with Gasteiger partial charge in [-0.3, -0.25) is 9.78 Å². The molecule has 0 saturated carbocycles. The number of carbonyl (C=O) groups excluding carboxylic acids is 1. The molecule has 0 aliphatic rings. The summed E-state index contributed by atoms with van der Waals surface area (Å²) in [6.07, 6.45) is 3.97. The standard InChI is InChI=1S/C20H27N3O3/c1-15(2)23-20(24)8-10-22-12-16-6-7-18(25-3)19(11-16)26-14-17-5-4-9-21-13-17/h4-7,9,11,13,15,22H,8,10,12,14H2,1-3H3,(H,23,24). The molecule has 0 atom stereocenters. The number of benzene rings is 1. The summed E-state index contributed by atoms with van der Waals surface area (Å²) in [5.74, 6) is 1.44. The first kappa shape index (κ1) is 19.7. The number of amides is 1. The molecule has 1 aromatic heterocycles. The maximum atomic E-state index is 11.6. The van der Waals surface area contributed by atoms with Crippen molar-refractivity contribution < 1.29 is 14.3 Å². The highest BCUT2D eigenvalue weighted by molar-refractivity contribution is 5.76. The van der Waals surface area contributed by atoms with E-state index in [9.17, 15) is 4.79 Å². The predicted octanol–water partition coefficient (Wildman–Crippen LogP) is 2.67. The maximum absolute atomic E-state index is 11.6. The van der Waals surface area contributed by atoms with Crippen molar-refractivity contribution >= 4 is 5.91 Å². The first-order valence-corrected chi connectivity index (χ1v) is 8.77. The summed E-state index contributed by atoms with van der Waals surface area (Å²) in [7, 11) is 1.62. The van der Waals surface area contributed by atoms with Crippen LogP contribution < -0.4 is 20.1 Å². The van der Waals surface area contributed by atoms with Gasteiger partial charge >= 0.3 is 0 Å². The third-order valence-electron chi connectivity index (χ3n) is 3.65. The quantitative estimate of drug-likeness (QED) is 0.640. The first-order valence-electron chi connectivity index (χ1n) is 8.77. The first-order chi connectivity index (χ1) is 12.6. The van der Waals surface area contributed by atoms with E-state index in [2.05, 4.69) is 15.6 Å². The number of nitrogens with one attached hydrogen (secondary N) is 2. The number of hydrogen-bond donors (Lipinski definition) is 2. The van der Waals surface area contributed by atoms with Gasteiger partial charge in [0.2, 0.25) is 5.91 Å². The molecule has 1 heterocycles. The second-order valence-corrected chi connectivity index (χ2v) is 6.28. The molecular formula is C20H27N3O3. The van der Waals surface area contributed by atoms with E-state index in [1.165, 1.54) is 0 Å². The maximum Gasteiger partial charge on any atom is 0.221 e. The zero-order chi connectivity index (χ0) is 18.8. The Hall–Kier alpha value is -2.60. The fourth-order valence-electron chi connectivity index (χ4n) is 2.42. The van der Waals surface area contributed by atoms with Crippen molar-refractivity contribution in [2.75, 3.05) is 13.7 Å². The molecule has 0 bridgehead atoms. The van der Waals surface area contributed by atoms with Crippen LogP contribution in [-0.4, -0.2) is 30.6 Å². The van der Waals surface area contributed by atoms with E-state index in [4.69, 9.17) is 9.47 Å². The molecule has 0 saturated heterocycles. The van der Waals surface area contributed by atoms with E-state index >= 15 is 0 Å². The monoisotopic (exact) mass is 357 g/mol. The molecule has 0 radical (unpaired) electrons. The van der Waals surface area contributed by atoms with E-state index in [0.29, 0.717) is 37.6 Å². The molecular weight excluding hydrogens is 330 g/mol. The molecule has 0 unspecified atom stereocenters. The van der Waals surface area contributed by atoms with Gasteiger partial charge in [-0.05, 0) is 37.6 Å². The molecule has 2 N–H and O–H groups in total. The van der Waals surface area contributed by atoms with E-state index in [0.717, 1.165) is 11.1 Å². The van der Waals surface area contributed by atoms with Crippen molar-refractivity contribution in [1.82, 2.24) is 15.6 Å². The van der Waals surface area contributed by atoms with Gasteiger partial charge in [0.15, 0.2) is 11.5 Å². The number of nitrogens with zero attached hydrogens (tertiary/aromatic N) is 1. The van der Waals surface area contributed by atoms with Crippen LogP contribution in [0.1, 0.15) is 31.4 Å². The smallest absolute Gasteiger partial charge is 0.221 e. The number of methoxy groups -OCH3 is 1. The molecule has 0 aliphatic heterocycles. The van der Waals surface area contributed by atoms with Gasteiger partial charge in [0, 0.05) is 43.5 Å². The highest BCUT2D eigenvalue weighted by Crippen LogP contribution is 2.28. The highest BCUT2D eigenvalue weighted by atomic mass is 16.5. The molecule has 6 heteroatoms. The minimum absolute atomic E-state index is 0.0581. The molecule has 0 spiro atoms. The van der Waals surface area contributed by atoms with Gasteiger partial charge < -0.3 is 20.1 Å². The van der Waals surface area contributed by atoms with Crippen LogP contribution in [0.15, 0.2) is 42.7 Å². The highest BCUT2D eigenvalue weighted by Gasteiger charge is 2.07. The van der Waals surface area contributed by atoms with Gasteiger partial charge in [-0.15, -0.1) is 0 Å². The summed E-state index contributed by atoms with van der Waals surface area (Å²) in [6.45, 7) is 5.61. The third kappa shape index (κ3) is 6.72. The Morgan fingerprint density at radius 1 is 1.19 bits per heavy atom. The number of rotatable bonds is 10. The Balaban J connectivity index is 1.86. The van der Waals surface area contributed by atoms with Gasteiger partial charge in [0.05, 0.1) is 7.11 Å². The van der Waals surface area contributed by atoms with Crippen LogP contribution in [0.5, 0.6) is 11.5 Å². The normalized spacial score (nSPS) is 10.6. The molecule has 6 nitrogen and oxygen atoms in total. The zero-order valence-electron chi connectivity index (χ0n) is 15.6. The Bertz CT molecular complexity index is 690. The molecule has 0 fully saturated rings. The fraction of sp³-hybridized carbons (Fsp3) is 0.400. The van der Waals surface area contributed by atoms with Crippen molar-refractivity contribution in [3.05, 3.63) is 53.9 Å². The summed E-state index contributed by atoms with van der Waals surface area (Å²) < 4.78 is 11.3. The van der Waals surface area contributed by atoms with Gasteiger partial charge in [-0.25, -0.2) is 0 Å². The van der Waals surface area contributed by atoms with Crippen LogP contribution in [-0.2, 0) is 17.9 Å². The van der Waals surface area contributed by atoms with Gasteiger partial charge in [-0.2, -0.15) is 0 Å². The third-order valence-corrected chi connectivity index (χ3v) is 3.65. The Morgan fingerprint density at radius 3 is 2.73 bits per heavy atom. The molecule has 2 rings (SSSR count). The predicted molar refractivity (Wildman–Crippen MR) is 101 cm³/mol. The number of ether oxygens (including phenoxy) is 2. The van der Waals surface area contributed by atoms with Crippen molar-refractivity contribution in [1.29, 1.82) is 0 Å². The average Bonchev–Trinajstić information content (AvgIpc) is 2.64. The fourth-order valence-corrected chi connectivity index (χ4v) is 2.42. The topological polar surface area (TPSA) is 72.5 Å². The van der Waals surface area contributed by atoms with Crippen LogP contribution in [0.2, 0.25) is 0 Å². The molecule has 2 aromatic rings. The lowest BCUT2D eigenvalue weighted by Gasteiger charge is -2.13. The largest absolute Gasteiger partial charge is 0.493 e. The molecule has 26 heavy (non-hydrogen) atoms. The van der Waals surface area contributed by atoms with Crippen LogP contribution in [0.25, 0.3) is 0 Å². The van der Waals surface area contributed by atoms with Crippen LogP contribution in [0.4, 0.5) is 0 Å². The Labute approximate surface area is 154 Å². The summed E-state index contributed by atoms with van der Waals surface area (Å²) in [5, 5.41) is 6.15. The SMILES string of the molecule is COc1ccc(CNCCC(=O)NC(C)C)cc1OCc1cccnc1. The average molecular weight is 357 g/mol. The Kier molecular flexibility index (Phi) is 7.89. The van der Waals surface area contributed by atoms with Crippen molar-refractivity contribution in [2.45, 2.75) is 39.5 Å². The second kappa shape index (κ2) is 10.4. The van der Waals surface area contributed by atoms with Gasteiger partial charge in [-0.1, -0.05) is 12.1 Å². The molecule has 1 amide bonds. The minimum atomic E-state index is 0.0581. The van der Waals surface area contributed by atoms with Crippen LogP contribution >= 0.6 is 0 Å². The van der Waals surface area contributed by atoms with E-state index in [1.807, 2.05) is 44.2 Å². The van der Waals surface area contributed by atoms with Crippen molar-refractivity contribution in [3.8, 4) is 11.5 Å². The van der Waals surface area contributed by atoms with E-state index in [-0.39, 0.29) is 11.9 Å². The van der Waals surface area contributed by atoms with E-state index in [1.54, 1.807) is 19.5 Å². The van der Waals surface area contributed by atoms with Crippen LogP contribution in [0, 0.1) is 0 Å². The van der Waals surface area contributed by atoms with E-state index < -0.39 is 0 Å².